The van der Waals surface area contributed by atoms with Gasteiger partial charge in [-0.05, 0) is 62.0 Å². The molecule has 0 aliphatic carbocycles. The summed E-state index contributed by atoms with van der Waals surface area (Å²) in [6.07, 6.45) is 7.85. The molecule has 2 aliphatic rings. The van der Waals surface area contributed by atoms with Crippen LogP contribution in [-0.4, -0.2) is 52.8 Å². The fraction of sp³-hybridized carbons (Fsp3) is 0.548. The van der Waals surface area contributed by atoms with Crippen LogP contribution in [-0.2, 0) is 25.7 Å². The van der Waals surface area contributed by atoms with E-state index < -0.39 is 12.2 Å². The van der Waals surface area contributed by atoms with Crippen molar-refractivity contribution in [2.45, 2.75) is 89.3 Å². The van der Waals surface area contributed by atoms with Crippen molar-refractivity contribution in [1.82, 2.24) is 10.4 Å². The molecule has 0 spiro atoms. The molecule has 40 heavy (non-hydrogen) atoms. The maximum absolute atomic E-state index is 12.5. The van der Waals surface area contributed by atoms with Crippen molar-refractivity contribution >= 4 is 17.5 Å². The zero-order valence-electron chi connectivity index (χ0n) is 23.2. The molecule has 218 valence electrons. The van der Waals surface area contributed by atoms with Gasteiger partial charge in [0, 0.05) is 37.1 Å². The number of likely N-dealkylation sites (tertiary alicyclic amines) is 1. The molecule has 0 aromatic heterocycles. The van der Waals surface area contributed by atoms with E-state index >= 15 is 0 Å². The summed E-state index contributed by atoms with van der Waals surface area (Å²) in [7, 11) is 0. The predicted octanol–water partition coefficient (Wildman–Crippen LogP) is 4.99. The lowest BCUT2D eigenvalue weighted by molar-refractivity contribution is -0.253. The minimum atomic E-state index is -0.579. The first-order valence-electron chi connectivity index (χ1n) is 14.6. The third-order valence-electron chi connectivity index (χ3n) is 7.65. The van der Waals surface area contributed by atoms with Gasteiger partial charge in [0.15, 0.2) is 6.29 Å². The second kappa shape index (κ2) is 15.8. The highest BCUT2D eigenvalue weighted by molar-refractivity contribution is 5.90. The number of hydrogen-bond acceptors (Lipinski definition) is 7. The standard InChI is InChI=1S/C31H43N3O6/c35-22-23-13-15-24(16-14-23)28-20-27(21-34-17-6-2-1-3-7-18-34)39-31(40-28)25-9-8-10-26(19-25)32-29(36)11-4-5-12-30(37)33-38/h8-10,13-16,19,27-28,31,35,38H,1-7,11-12,17-18,20-22H2,(H,32,36)(H,33,37). The number of hydroxylamine groups is 1. The Hall–Kier alpha value is -2.82. The maximum Gasteiger partial charge on any atom is 0.243 e. The highest BCUT2D eigenvalue weighted by Crippen LogP contribution is 2.38. The molecule has 4 rings (SSSR count). The Balaban J connectivity index is 1.43. The zero-order chi connectivity index (χ0) is 28.2. The van der Waals surface area contributed by atoms with Crippen LogP contribution in [0.3, 0.4) is 0 Å². The summed E-state index contributed by atoms with van der Waals surface area (Å²) < 4.78 is 13.0. The molecule has 2 saturated heterocycles. The molecule has 3 atom stereocenters. The van der Waals surface area contributed by atoms with E-state index in [0.717, 1.165) is 42.7 Å². The van der Waals surface area contributed by atoms with Crippen LogP contribution in [0.4, 0.5) is 5.69 Å². The lowest BCUT2D eigenvalue weighted by Crippen LogP contribution is -2.40. The van der Waals surface area contributed by atoms with Crippen LogP contribution in [0, 0.1) is 0 Å². The first-order valence-corrected chi connectivity index (χ1v) is 14.6. The molecule has 3 unspecified atom stereocenters. The van der Waals surface area contributed by atoms with Gasteiger partial charge in [-0.2, -0.15) is 0 Å². The van der Waals surface area contributed by atoms with Crippen LogP contribution in [0.5, 0.6) is 0 Å². The maximum atomic E-state index is 12.5. The Kier molecular flexibility index (Phi) is 11.9. The molecular formula is C31H43N3O6. The van der Waals surface area contributed by atoms with Crippen molar-refractivity contribution in [1.29, 1.82) is 0 Å². The van der Waals surface area contributed by atoms with Gasteiger partial charge in [0.1, 0.15) is 0 Å². The van der Waals surface area contributed by atoms with E-state index in [1.807, 2.05) is 48.5 Å². The second-order valence-electron chi connectivity index (χ2n) is 10.8. The third-order valence-corrected chi connectivity index (χ3v) is 7.65. The fourth-order valence-corrected chi connectivity index (χ4v) is 5.43. The van der Waals surface area contributed by atoms with Gasteiger partial charge in [0.25, 0.3) is 0 Å². The molecule has 2 amide bonds. The van der Waals surface area contributed by atoms with Crippen LogP contribution in [0.1, 0.15) is 93.3 Å². The number of rotatable bonds is 11. The topological polar surface area (TPSA) is 120 Å². The summed E-state index contributed by atoms with van der Waals surface area (Å²) in [5.74, 6) is -0.586. The van der Waals surface area contributed by atoms with Gasteiger partial charge in [-0.3, -0.25) is 14.8 Å². The quantitative estimate of drug-likeness (QED) is 0.176. The number of unbranched alkanes of at least 4 members (excludes halogenated alkanes) is 1. The average Bonchev–Trinajstić information content (AvgIpc) is 2.96. The highest BCUT2D eigenvalue weighted by atomic mass is 16.7. The van der Waals surface area contributed by atoms with E-state index in [0.29, 0.717) is 18.5 Å². The van der Waals surface area contributed by atoms with Crippen molar-refractivity contribution in [2.24, 2.45) is 0 Å². The monoisotopic (exact) mass is 553 g/mol. The molecule has 2 fully saturated rings. The second-order valence-corrected chi connectivity index (χ2v) is 10.8. The molecule has 2 aromatic carbocycles. The van der Waals surface area contributed by atoms with Crippen molar-refractivity contribution in [3.8, 4) is 0 Å². The summed E-state index contributed by atoms with van der Waals surface area (Å²) in [5.41, 5.74) is 5.03. The Bertz CT molecular complexity index is 1070. The summed E-state index contributed by atoms with van der Waals surface area (Å²) in [5, 5.41) is 21.0. The summed E-state index contributed by atoms with van der Waals surface area (Å²) in [4.78, 5) is 26.2. The van der Waals surface area contributed by atoms with Gasteiger partial charge in [0.05, 0.1) is 18.8 Å². The zero-order valence-corrected chi connectivity index (χ0v) is 23.2. The molecule has 9 heteroatoms. The normalized spacial score (nSPS) is 22.2. The molecule has 0 radical (unpaired) electrons. The number of hydrogen-bond donors (Lipinski definition) is 4. The first kappa shape index (κ1) is 30.1. The van der Waals surface area contributed by atoms with Crippen LogP contribution in [0.25, 0.3) is 0 Å². The minimum Gasteiger partial charge on any atom is -0.392 e. The summed E-state index contributed by atoms with van der Waals surface area (Å²) in [6.45, 7) is 3.04. The van der Waals surface area contributed by atoms with Gasteiger partial charge < -0.3 is 24.8 Å². The van der Waals surface area contributed by atoms with Crippen molar-refractivity contribution in [2.75, 3.05) is 25.0 Å². The number of anilines is 1. The average molecular weight is 554 g/mol. The van der Waals surface area contributed by atoms with Crippen molar-refractivity contribution < 1.29 is 29.4 Å². The van der Waals surface area contributed by atoms with Gasteiger partial charge in [-0.25, -0.2) is 5.48 Å². The van der Waals surface area contributed by atoms with E-state index in [4.69, 9.17) is 14.7 Å². The number of carbonyl (C=O) groups excluding carboxylic acids is 2. The lowest BCUT2D eigenvalue weighted by Gasteiger charge is -2.39. The number of aliphatic hydroxyl groups excluding tert-OH is 1. The number of benzene rings is 2. The molecule has 4 N–H and O–H groups in total. The number of aliphatic hydroxyl groups is 1. The SMILES string of the molecule is O=C(CCCCC(=O)Nc1cccc(C2OC(CN3CCCCCCC3)CC(c3ccc(CO)cc3)O2)c1)NO. The Morgan fingerprint density at radius 2 is 1.57 bits per heavy atom. The molecule has 9 nitrogen and oxygen atoms in total. The Labute approximate surface area is 236 Å². The van der Waals surface area contributed by atoms with E-state index in [2.05, 4.69) is 10.2 Å². The molecule has 2 heterocycles. The van der Waals surface area contributed by atoms with Crippen LogP contribution in [0.2, 0.25) is 0 Å². The van der Waals surface area contributed by atoms with E-state index in [-0.39, 0.29) is 37.6 Å². The number of amides is 2. The lowest BCUT2D eigenvalue weighted by atomic mass is 9.99. The van der Waals surface area contributed by atoms with E-state index in [1.54, 1.807) is 5.48 Å². The van der Waals surface area contributed by atoms with E-state index in [1.165, 1.54) is 32.1 Å². The third kappa shape index (κ3) is 9.38. The van der Waals surface area contributed by atoms with Gasteiger partial charge in [-0.1, -0.05) is 55.7 Å². The number of ether oxygens (including phenoxy) is 2. The van der Waals surface area contributed by atoms with Gasteiger partial charge >= 0.3 is 0 Å². The smallest absolute Gasteiger partial charge is 0.243 e. The predicted molar refractivity (Wildman–Crippen MR) is 151 cm³/mol. The van der Waals surface area contributed by atoms with Gasteiger partial charge in [0.2, 0.25) is 11.8 Å². The van der Waals surface area contributed by atoms with Crippen molar-refractivity contribution in [3.05, 3.63) is 65.2 Å². The summed E-state index contributed by atoms with van der Waals surface area (Å²) >= 11 is 0. The first-order chi connectivity index (χ1) is 19.5. The highest BCUT2D eigenvalue weighted by Gasteiger charge is 2.33. The van der Waals surface area contributed by atoms with Crippen LogP contribution >= 0.6 is 0 Å². The summed E-state index contributed by atoms with van der Waals surface area (Å²) in [6, 6.07) is 15.5. The molecular weight excluding hydrogens is 510 g/mol. The largest absolute Gasteiger partial charge is 0.392 e. The number of carbonyl (C=O) groups is 2. The molecule has 2 aromatic rings. The Morgan fingerprint density at radius 3 is 2.27 bits per heavy atom. The minimum absolute atomic E-state index is 0.00457. The molecule has 0 bridgehead atoms. The van der Waals surface area contributed by atoms with Gasteiger partial charge in [-0.15, -0.1) is 0 Å². The van der Waals surface area contributed by atoms with Crippen molar-refractivity contribution in [3.63, 3.8) is 0 Å². The molecule has 2 aliphatic heterocycles. The van der Waals surface area contributed by atoms with Crippen LogP contribution < -0.4 is 10.8 Å². The Morgan fingerprint density at radius 1 is 0.875 bits per heavy atom. The number of nitrogens with one attached hydrogen (secondary N) is 2. The number of nitrogens with zero attached hydrogens (tertiary/aromatic N) is 1. The van der Waals surface area contributed by atoms with Crippen LogP contribution in [0.15, 0.2) is 48.5 Å². The fourth-order valence-electron chi connectivity index (χ4n) is 5.43. The van der Waals surface area contributed by atoms with E-state index in [9.17, 15) is 14.7 Å². The molecule has 0 saturated carbocycles.